The molecule has 58 heavy (non-hydrogen) atoms. The van der Waals surface area contributed by atoms with Crippen molar-refractivity contribution in [2.45, 2.75) is 286 Å². The molecule has 0 spiro atoms. The zero-order valence-electron chi connectivity index (χ0n) is 40.7. The number of unbranched alkanes of at least 4 members (excludes halogenated alkanes) is 30. The summed E-state index contributed by atoms with van der Waals surface area (Å²) >= 11 is 0. The smallest absolute Gasteiger partial charge is 0.335 e. The molecule has 0 atom stereocenters. The van der Waals surface area contributed by atoms with E-state index < -0.39 is 7.60 Å². The standard InChI is InChI=1S/C53H101O4P/c1-10-12-14-16-18-20-22-24-26-28-30-32-34-36-38-40-42-56-58(55,45-49-44-50(51(54)48(4)47(49)3)53(8,9)46-52(5,6)7)57-43-41-39-37-35-33-31-29-27-25-23-21-19-17-15-13-11-2/h44,54H,10-43,45-46H2,1-9H3. The molecule has 0 aromatic heterocycles. The van der Waals surface area contributed by atoms with E-state index in [0.29, 0.717) is 19.0 Å². The summed E-state index contributed by atoms with van der Waals surface area (Å²) in [4.78, 5) is 0. The highest BCUT2D eigenvalue weighted by Gasteiger charge is 2.33. The summed E-state index contributed by atoms with van der Waals surface area (Å²) in [7, 11) is -3.38. The average Bonchev–Trinajstić information content (AvgIpc) is 3.16. The first-order valence-electron chi connectivity index (χ1n) is 25.5. The maximum atomic E-state index is 14.5. The predicted octanol–water partition coefficient (Wildman–Crippen LogP) is 19.0. The highest BCUT2D eigenvalue weighted by atomic mass is 31.2. The first-order valence-corrected chi connectivity index (χ1v) is 27.2. The van der Waals surface area contributed by atoms with Crippen LogP contribution in [0.25, 0.3) is 0 Å². The van der Waals surface area contributed by atoms with Crippen LogP contribution in [0.15, 0.2) is 6.07 Å². The normalized spacial score (nSPS) is 12.6. The number of phenolic OH excluding ortho intramolecular Hbond substituents is 1. The molecule has 1 aromatic rings. The number of rotatable bonds is 40. The van der Waals surface area contributed by atoms with Gasteiger partial charge < -0.3 is 14.2 Å². The van der Waals surface area contributed by atoms with Crippen molar-refractivity contribution in [3.05, 3.63) is 28.3 Å². The Labute approximate surface area is 363 Å². The van der Waals surface area contributed by atoms with Gasteiger partial charge in [0.05, 0.1) is 19.4 Å². The Kier molecular flexibility index (Phi) is 32.1. The molecule has 4 nitrogen and oxygen atoms in total. The first kappa shape index (κ1) is 55.2. The maximum Gasteiger partial charge on any atom is 0.335 e. The first-order chi connectivity index (χ1) is 27.8. The van der Waals surface area contributed by atoms with E-state index in [2.05, 4.69) is 54.5 Å². The quantitative estimate of drug-likeness (QED) is 0.0529. The van der Waals surface area contributed by atoms with E-state index in [1.54, 1.807) is 0 Å². The fourth-order valence-corrected chi connectivity index (χ4v) is 10.9. The van der Waals surface area contributed by atoms with Crippen LogP contribution in [0.3, 0.4) is 0 Å². The number of benzene rings is 1. The van der Waals surface area contributed by atoms with Crippen LogP contribution in [0.2, 0.25) is 0 Å². The van der Waals surface area contributed by atoms with Crippen molar-refractivity contribution in [1.82, 2.24) is 0 Å². The van der Waals surface area contributed by atoms with E-state index in [-0.39, 0.29) is 17.0 Å². The zero-order chi connectivity index (χ0) is 43.0. The molecule has 1 rings (SSSR count). The van der Waals surface area contributed by atoms with Gasteiger partial charge in [-0.1, -0.05) is 247 Å². The summed E-state index contributed by atoms with van der Waals surface area (Å²) < 4.78 is 27.1. The summed E-state index contributed by atoms with van der Waals surface area (Å²) in [6, 6.07) is 2.10. The molecule has 342 valence electrons. The van der Waals surface area contributed by atoms with Crippen molar-refractivity contribution in [3.8, 4) is 5.75 Å². The van der Waals surface area contributed by atoms with E-state index >= 15 is 0 Å². The van der Waals surface area contributed by atoms with Crippen LogP contribution < -0.4 is 0 Å². The van der Waals surface area contributed by atoms with Gasteiger partial charge in [-0.25, -0.2) is 0 Å². The minimum atomic E-state index is -3.38. The van der Waals surface area contributed by atoms with Crippen molar-refractivity contribution in [3.63, 3.8) is 0 Å². The van der Waals surface area contributed by atoms with Crippen LogP contribution in [-0.4, -0.2) is 18.3 Å². The predicted molar refractivity (Wildman–Crippen MR) is 257 cm³/mol. The van der Waals surface area contributed by atoms with Gasteiger partial charge >= 0.3 is 7.60 Å². The molecular weight excluding hydrogens is 732 g/mol. The molecule has 0 aliphatic carbocycles. The molecule has 0 radical (unpaired) electrons. The lowest BCUT2D eigenvalue weighted by Crippen LogP contribution is -2.25. The van der Waals surface area contributed by atoms with E-state index in [9.17, 15) is 9.67 Å². The van der Waals surface area contributed by atoms with Crippen molar-refractivity contribution in [2.75, 3.05) is 13.2 Å². The van der Waals surface area contributed by atoms with Gasteiger partial charge in [0, 0.05) is 5.56 Å². The van der Waals surface area contributed by atoms with Crippen molar-refractivity contribution >= 4 is 7.60 Å². The number of hydrogen-bond acceptors (Lipinski definition) is 4. The highest BCUT2D eigenvalue weighted by molar-refractivity contribution is 7.53. The third-order valence-corrected chi connectivity index (χ3v) is 14.5. The third-order valence-electron chi connectivity index (χ3n) is 12.6. The molecule has 0 fully saturated rings. The Morgan fingerprint density at radius 2 is 0.776 bits per heavy atom. The van der Waals surface area contributed by atoms with Crippen molar-refractivity contribution in [1.29, 1.82) is 0 Å². The molecule has 0 heterocycles. The maximum absolute atomic E-state index is 14.5. The largest absolute Gasteiger partial charge is 0.507 e. The second-order valence-corrected chi connectivity index (χ2v) is 22.4. The molecule has 0 bridgehead atoms. The van der Waals surface area contributed by atoms with E-state index in [1.807, 2.05) is 13.8 Å². The number of phenols is 1. The van der Waals surface area contributed by atoms with Crippen LogP contribution in [0.4, 0.5) is 0 Å². The monoisotopic (exact) mass is 833 g/mol. The summed E-state index contributed by atoms with van der Waals surface area (Å²) in [6.45, 7) is 20.8. The fourth-order valence-electron chi connectivity index (χ4n) is 9.12. The Bertz CT molecular complexity index is 1130. The summed E-state index contributed by atoms with van der Waals surface area (Å²) in [5, 5.41) is 11.3. The lowest BCUT2D eigenvalue weighted by molar-refractivity contribution is 0.196. The van der Waals surface area contributed by atoms with Crippen LogP contribution in [-0.2, 0) is 25.2 Å². The van der Waals surface area contributed by atoms with E-state index in [0.717, 1.165) is 54.4 Å². The van der Waals surface area contributed by atoms with Gasteiger partial charge in [-0.2, -0.15) is 0 Å². The van der Waals surface area contributed by atoms with Gasteiger partial charge in [-0.05, 0) is 60.6 Å². The lowest BCUT2D eigenvalue weighted by Gasteiger charge is -2.34. The van der Waals surface area contributed by atoms with E-state index in [4.69, 9.17) is 9.05 Å². The van der Waals surface area contributed by atoms with Gasteiger partial charge in [-0.15, -0.1) is 0 Å². The number of hydrogen-bond donors (Lipinski definition) is 1. The van der Waals surface area contributed by atoms with Crippen LogP contribution in [0.1, 0.15) is 283 Å². The van der Waals surface area contributed by atoms with Gasteiger partial charge in [0.25, 0.3) is 0 Å². The van der Waals surface area contributed by atoms with Gasteiger partial charge in [0.15, 0.2) is 0 Å². The molecule has 0 saturated carbocycles. The molecule has 0 saturated heterocycles. The average molecular weight is 833 g/mol. The second-order valence-electron chi connectivity index (χ2n) is 20.3. The molecule has 1 N–H and O–H groups in total. The van der Waals surface area contributed by atoms with Crippen LogP contribution >= 0.6 is 7.60 Å². The SMILES string of the molecule is CCCCCCCCCCCCCCCCCCOP(=O)(Cc1cc(C(C)(C)CC(C)(C)C)c(O)c(C)c1C)OCCCCCCCCCCCCCCCCCC. The third kappa shape index (κ3) is 27.9. The summed E-state index contributed by atoms with van der Waals surface area (Å²) in [6.07, 6.45) is 43.7. The van der Waals surface area contributed by atoms with Gasteiger partial charge in [0.2, 0.25) is 0 Å². The Hall–Kier alpha value is -0.830. The molecule has 0 amide bonds. The van der Waals surface area contributed by atoms with Gasteiger partial charge in [0.1, 0.15) is 5.75 Å². The lowest BCUT2D eigenvalue weighted by atomic mass is 9.71. The zero-order valence-corrected chi connectivity index (χ0v) is 41.5. The second kappa shape index (κ2) is 33.8. The minimum absolute atomic E-state index is 0.107. The summed E-state index contributed by atoms with van der Waals surface area (Å²) in [5.41, 5.74) is 3.65. The Balaban J connectivity index is 2.57. The molecule has 0 aliphatic rings. The van der Waals surface area contributed by atoms with Crippen molar-refractivity contribution in [2.24, 2.45) is 5.41 Å². The topological polar surface area (TPSA) is 55.8 Å². The molecule has 1 aromatic carbocycles. The molecule has 5 heteroatoms. The fraction of sp³-hybridized carbons (Fsp3) is 0.887. The van der Waals surface area contributed by atoms with Crippen LogP contribution in [0, 0.1) is 19.3 Å². The van der Waals surface area contributed by atoms with Crippen molar-refractivity contribution < 1.29 is 18.7 Å². The van der Waals surface area contributed by atoms with E-state index in [1.165, 1.54) is 180 Å². The minimum Gasteiger partial charge on any atom is -0.507 e. The number of aromatic hydroxyl groups is 1. The Morgan fingerprint density at radius 3 is 1.07 bits per heavy atom. The van der Waals surface area contributed by atoms with Gasteiger partial charge in [-0.3, -0.25) is 4.57 Å². The molecule has 0 unspecified atom stereocenters. The highest BCUT2D eigenvalue weighted by Crippen LogP contribution is 2.54. The molecular formula is C53H101O4P. The summed E-state index contributed by atoms with van der Waals surface area (Å²) in [5.74, 6) is 0.369. The Morgan fingerprint density at radius 1 is 0.483 bits per heavy atom. The van der Waals surface area contributed by atoms with Crippen LogP contribution in [0.5, 0.6) is 5.75 Å². The molecule has 0 aliphatic heterocycles.